The Bertz CT molecular complexity index is 142. The fraction of sp³-hybridized carbons (Fsp3) is 1.00. The maximum atomic E-state index is 4.10. The van der Waals surface area contributed by atoms with Crippen LogP contribution in [0, 0.1) is 0 Å². The van der Waals surface area contributed by atoms with Gasteiger partial charge in [-0.25, -0.2) is 0 Å². The van der Waals surface area contributed by atoms with Gasteiger partial charge in [0.25, 0.3) is 0 Å². The second-order valence-corrected chi connectivity index (χ2v) is 18.4. The maximum Gasteiger partial charge on any atom is 0.0600 e. The van der Waals surface area contributed by atoms with Gasteiger partial charge in [0.15, 0.2) is 0 Å². The Kier molecular flexibility index (Phi) is 39.7. The molecule has 0 bridgehead atoms. The van der Waals surface area contributed by atoms with E-state index in [1.54, 1.807) is 43.2 Å². The lowest BCUT2D eigenvalue weighted by Crippen LogP contribution is -1.64. The van der Waals surface area contributed by atoms with E-state index >= 15 is 0 Å². The topological polar surface area (TPSA) is 0 Å². The third-order valence-corrected chi connectivity index (χ3v) is 17.2. The van der Waals surface area contributed by atoms with Gasteiger partial charge in [0, 0.05) is 20.3 Å². The lowest BCUT2D eigenvalue weighted by molar-refractivity contribution is 2.30. The van der Waals surface area contributed by atoms with E-state index in [2.05, 4.69) is 50.5 Å². The Balaban J connectivity index is 0. The molecule has 0 rings (SSSR count). The summed E-state index contributed by atoms with van der Waals surface area (Å²) in [5, 5.41) is 7.01. The number of hydrogen-bond donors (Lipinski definition) is 4. The van der Waals surface area contributed by atoms with Crippen molar-refractivity contribution in [1.82, 2.24) is 0 Å². The molecule has 0 radical (unpaired) electrons. The summed E-state index contributed by atoms with van der Waals surface area (Å²) >= 11 is 16.3. The highest BCUT2D eigenvalue weighted by atomic mass is 33.2. The first-order chi connectivity index (χ1) is 10.3. The largest absolute Gasteiger partial charge is 0.167 e. The van der Waals surface area contributed by atoms with Crippen molar-refractivity contribution >= 4 is 158 Å². The molecule has 0 heterocycles. The summed E-state index contributed by atoms with van der Waals surface area (Å²) in [4.78, 5) is 0. The lowest BCUT2D eigenvalue weighted by Gasteiger charge is -1.98. The minimum absolute atomic E-state index is 0.900. The van der Waals surface area contributed by atoms with Crippen LogP contribution in [-0.4, -0.2) is 35.6 Å². The molecule has 0 amide bonds. The van der Waals surface area contributed by atoms with Crippen molar-refractivity contribution in [2.24, 2.45) is 0 Å². The molecule has 0 atom stereocenters. The molecule has 0 saturated heterocycles. The summed E-state index contributed by atoms with van der Waals surface area (Å²) in [5.41, 5.74) is 0. The van der Waals surface area contributed by atoms with Crippen LogP contribution in [0.2, 0.25) is 0 Å². The fourth-order valence-corrected chi connectivity index (χ4v) is 14.3. The average Bonchev–Trinajstić information content (AvgIpc) is 2.51. The summed E-state index contributed by atoms with van der Waals surface area (Å²) in [7, 11) is 18.4. The zero-order valence-electron chi connectivity index (χ0n) is 10.8. The van der Waals surface area contributed by atoms with E-state index in [-0.39, 0.29) is 0 Å². The van der Waals surface area contributed by atoms with Crippen molar-refractivity contribution in [3.63, 3.8) is 0 Å². The van der Waals surface area contributed by atoms with E-state index in [1.165, 1.54) is 0 Å². The quantitative estimate of drug-likeness (QED) is 0.0677. The molecule has 0 unspecified atom stereocenters. The minimum Gasteiger partial charge on any atom is -0.167 e. The summed E-state index contributed by atoms with van der Waals surface area (Å²) in [6.45, 7) is 0. The van der Waals surface area contributed by atoms with Gasteiger partial charge in [0.1, 0.15) is 0 Å². The molecule has 0 spiro atoms. The SMILES string of the molecule is SCSSCSSCS.SCSSCSSCSSCS. The van der Waals surface area contributed by atoms with E-state index in [0.29, 0.717) is 0 Å². The second kappa shape index (κ2) is 29.7. The van der Waals surface area contributed by atoms with E-state index in [1.807, 2.05) is 64.8 Å². The Morgan fingerprint density at radius 1 is 0.333 bits per heavy atom. The average molecular weight is 551 g/mol. The zero-order valence-corrected chi connectivity index (χ0v) is 22.6. The minimum atomic E-state index is 0.900. The molecule has 0 aromatic heterocycles. The monoisotopic (exact) mass is 550 g/mol. The smallest absolute Gasteiger partial charge is 0.0600 e. The molecule has 0 N–H and O–H groups in total. The van der Waals surface area contributed by atoms with Crippen LogP contribution in [0.4, 0.5) is 0 Å². The van der Waals surface area contributed by atoms with Gasteiger partial charge in [0.05, 0.1) is 15.3 Å². The Morgan fingerprint density at radius 3 is 0.714 bits per heavy atom. The highest BCUT2D eigenvalue weighted by molar-refractivity contribution is 8.89. The molecule has 130 valence electrons. The molecule has 0 fully saturated rings. The van der Waals surface area contributed by atoms with Crippen molar-refractivity contribution in [2.45, 2.75) is 0 Å². The van der Waals surface area contributed by atoms with E-state index in [0.717, 1.165) is 35.6 Å². The molecule has 0 saturated carbocycles. The first kappa shape index (κ1) is 28.1. The van der Waals surface area contributed by atoms with Crippen molar-refractivity contribution < 1.29 is 0 Å². The summed E-state index contributed by atoms with van der Waals surface area (Å²) in [5.74, 6) is 0. The number of hydrogen-bond acceptors (Lipinski definition) is 14. The van der Waals surface area contributed by atoms with Gasteiger partial charge in [-0.1, -0.05) is 108 Å². The van der Waals surface area contributed by atoms with E-state index in [4.69, 9.17) is 0 Å². The molecule has 0 aliphatic rings. The zero-order chi connectivity index (χ0) is 16.0. The van der Waals surface area contributed by atoms with Crippen LogP contribution in [-0.2, 0) is 0 Å². The third-order valence-electron chi connectivity index (χ3n) is 0.916. The van der Waals surface area contributed by atoms with Crippen LogP contribution in [0.25, 0.3) is 0 Å². The standard InChI is InChI=1S/C4H10S8.C3H8S6/c5-1-7-9-3-11-12-4-10-8-2-6;4-1-6-8-3-9-7-2-5/h5-6H,1-4H2;4-5H,1-3H2. The predicted octanol–water partition coefficient (Wildman–Crippen LogP) is 8.30. The first-order valence-corrected chi connectivity index (χ1v) is 20.0. The molecule has 0 aliphatic carbocycles. The van der Waals surface area contributed by atoms with Crippen molar-refractivity contribution in [3.8, 4) is 0 Å². The van der Waals surface area contributed by atoms with Gasteiger partial charge < -0.3 is 0 Å². The second-order valence-electron chi connectivity index (χ2n) is 2.05. The first-order valence-electron chi connectivity index (χ1n) is 4.98. The summed E-state index contributed by atoms with van der Waals surface area (Å²) in [6.07, 6.45) is 0. The van der Waals surface area contributed by atoms with Crippen LogP contribution >= 0.6 is 158 Å². The molecule has 21 heavy (non-hydrogen) atoms. The molecule has 0 aromatic rings. The Hall–Kier alpha value is 4.90. The molecule has 0 aliphatic heterocycles. The van der Waals surface area contributed by atoms with Crippen LogP contribution < -0.4 is 0 Å². The fourth-order valence-electron chi connectivity index (χ4n) is 0.412. The van der Waals surface area contributed by atoms with Crippen molar-refractivity contribution in [2.75, 3.05) is 35.6 Å². The number of rotatable bonds is 15. The van der Waals surface area contributed by atoms with Gasteiger partial charge in [-0.3, -0.25) is 0 Å². The van der Waals surface area contributed by atoms with Gasteiger partial charge in [0.2, 0.25) is 0 Å². The Labute approximate surface area is 191 Å². The maximum absolute atomic E-state index is 4.10. The highest BCUT2D eigenvalue weighted by Crippen LogP contribution is 2.36. The van der Waals surface area contributed by atoms with Crippen molar-refractivity contribution in [1.29, 1.82) is 0 Å². The predicted molar refractivity (Wildman–Crippen MR) is 146 cm³/mol. The third kappa shape index (κ3) is 33.0. The van der Waals surface area contributed by atoms with Crippen molar-refractivity contribution in [3.05, 3.63) is 0 Å². The lowest BCUT2D eigenvalue weighted by atomic mass is 11.9. The summed E-state index contributed by atoms with van der Waals surface area (Å²) in [6, 6.07) is 0. The van der Waals surface area contributed by atoms with Crippen LogP contribution in [0.15, 0.2) is 0 Å². The van der Waals surface area contributed by atoms with Gasteiger partial charge >= 0.3 is 0 Å². The Morgan fingerprint density at radius 2 is 0.524 bits per heavy atom. The van der Waals surface area contributed by atoms with E-state index < -0.39 is 0 Å². The molecular formula is C7H18S14. The molecule has 0 aromatic carbocycles. The van der Waals surface area contributed by atoms with Crippen LogP contribution in [0.5, 0.6) is 0 Å². The van der Waals surface area contributed by atoms with Gasteiger partial charge in [-0.2, -0.15) is 50.5 Å². The van der Waals surface area contributed by atoms with Gasteiger partial charge in [-0.15, -0.1) is 0 Å². The van der Waals surface area contributed by atoms with Crippen LogP contribution in [0.1, 0.15) is 0 Å². The summed E-state index contributed by atoms with van der Waals surface area (Å²) < 4.78 is 0. The molecular weight excluding hydrogens is 533 g/mol. The normalized spacial score (nSPS) is 10.3. The molecule has 0 nitrogen and oxygen atoms in total. The van der Waals surface area contributed by atoms with Crippen LogP contribution in [0.3, 0.4) is 0 Å². The highest BCUT2D eigenvalue weighted by Gasteiger charge is 1.92. The van der Waals surface area contributed by atoms with Gasteiger partial charge in [-0.05, 0) is 0 Å². The van der Waals surface area contributed by atoms with E-state index in [9.17, 15) is 0 Å². The molecule has 14 heteroatoms. The number of thiol groups is 4.